The number of aliphatic hydroxyl groups is 2. The van der Waals surface area contributed by atoms with Crippen molar-refractivity contribution in [2.24, 2.45) is 0 Å². The van der Waals surface area contributed by atoms with Crippen LogP contribution >= 0.6 is 0 Å². The number of amides is 1. The smallest absolute Gasteiger partial charge is 0.220 e. The second-order valence-electron chi connectivity index (χ2n) is 11.2. The van der Waals surface area contributed by atoms with Crippen molar-refractivity contribution < 1.29 is 15.0 Å². The number of hydrogen-bond donors (Lipinski definition) is 3. The highest BCUT2D eigenvalue weighted by atomic mass is 16.3. The lowest BCUT2D eigenvalue weighted by atomic mass is 10.0. The molecule has 0 spiro atoms. The van der Waals surface area contributed by atoms with Crippen molar-refractivity contribution in [2.75, 3.05) is 6.61 Å². The van der Waals surface area contributed by atoms with E-state index in [1.807, 2.05) is 6.08 Å². The van der Waals surface area contributed by atoms with Crippen LogP contribution in [0.2, 0.25) is 0 Å². The first kappa shape index (κ1) is 38.4. The molecule has 0 aromatic carbocycles. The minimum atomic E-state index is -0.844. The van der Waals surface area contributed by atoms with Gasteiger partial charge in [-0.15, -0.1) is 0 Å². The molecule has 0 aromatic heterocycles. The van der Waals surface area contributed by atoms with Gasteiger partial charge in [-0.25, -0.2) is 0 Å². The van der Waals surface area contributed by atoms with Crippen LogP contribution in [-0.2, 0) is 4.79 Å². The van der Waals surface area contributed by atoms with Crippen molar-refractivity contribution >= 4 is 5.91 Å². The van der Waals surface area contributed by atoms with Gasteiger partial charge in [0.2, 0.25) is 5.91 Å². The first-order chi connectivity index (χ1) is 19.7. The predicted molar refractivity (Wildman–Crippen MR) is 175 cm³/mol. The van der Waals surface area contributed by atoms with Gasteiger partial charge in [-0.2, -0.15) is 0 Å². The molecular formula is C36H65NO3. The van der Waals surface area contributed by atoms with Crippen molar-refractivity contribution in [3.63, 3.8) is 0 Å². The third-order valence-corrected chi connectivity index (χ3v) is 7.32. The Morgan fingerprint density at radius 1 is 0.625 bits per heavy atom. The Bertz CT molecular complexity index is 652. The fourth-order valence-electron chi connectivity index (χ4n) is 4.72. The lowest BCUT2D eigenvalue weighted by Crippen LogP contribution is -2.45. The summed E-state index contributed by atoms with van der Waals surface area (Å²) >= 11 is 0. The third kappa shape index (κ3) is 27.9. The van der Waals surface area contributed by atoms with E-state index in [4.69, 9.17) is 0 Å². The first-order valence-electron chi connectivity index (χ1n) is 16.9. The summed E-state index contributed by atoms with van der Waals surface area (Å²) in [6.07, 6.45) is 41.8. The number of nitrogens with one attached hydrogen (secondary N) is 1. The van der Waals surface area contributed by atoms with Gasteiger partial charge < -0.3 is 15.5 Å². The number of rotatable bonds is 29. The number of carbonyl (C=O) groups is 1. The summed E-state index contributed by atoms with van der Waals surface area (Å²) in [4.78, 5) is 12.3. The molecule has 4 heteroatoms. The Balaban J connectivity index is 3.71. The van der Waals surface area contributed by atoms with Crippen LogP contribution in [0.15, 0.2) is 48.6 Å². The molecule has 0 aliphatic carbocycles. The Hall–Kier alpha value is -1.65. The van der Waals surface area contributed by atoms with Crippen LogP contribution < -0.4 is 5.32 Å². The van der Waals surface area contributed by atoms with Crippen LogP contribution in [0, 0.1) is 0 Å². The molecule has 0 rings (SSSR count). The van der Waals surface area contributed by atoms with Crippen LogP contribution in [0.1, 0.15) is 155 Å². The molecule has 0 aliphatic rings. The topological polar surface area (TPSA) is 69.6 Å². The van der Waals surface area contributed by atoms with Crippen molar-refractivity contribution in [3.8, 4) is 0 Å². The van der Waals surface area contributed by atoms with Crippen LogP contribution in [0.3, 0.4) is 0 Å². The van der Waals surface area contributed by atoms with Gasteiger partial charge in [0.25, 0.3) is 0 Å². The van der Waals surface area contributed by atoms with E-state index in [0.717, 1.165) is 57.8 Å². The summed E-state index contributed by atoms with van der Waals surface area (Å²) < 4.78 is 0. The summed E-state index contributed by atoms with van der Waals surface area (Å²) in [6, 6.07) is -0.629. The lowest BCUT2D eigenvalue weighted by molar-refractivity contribution is -0.123. The highest BCUT2D eigenvalue weighted by molar-refractivity contribution is 5.76. The van der Waals surface area contributed by atoms with Crippen molar-refractivity contribution in [1.82, 2.24) is 5.32 Å². The zero-order valence-corrected chi connectivity index (χ0v) is 26.3. The van der Waals surface area contributed by atoms with E-state index >= 15 is 0 Å². The van der Waals surface area contributed by atoms with E-state index in [1.54, 1.807) is 6.08 Å². The molecule has 0 aromatic rings. The van der Waals surface area contributed by atoms with Gasteiger partial charge in [-0.1, -0.05) is 146 Å². The van der Waals surface area contributed by atoms with E-state index in [9.17, 15) is 15.0 Å². The van der Waals surface area contributed by atoms with Gasteiger partial charge in [0.15, 0.2) is 0 Å². The molecule has 0 radical (unpaired) electrons. The van der Waals surface area contributed by atoms with Gasteiger partial charge in [0.05, 0.1) is 18.8 Å². The molecule has 0 saturated carbocycles. The second kappa shape index (κ2) is 31.9. The van der Waals surface area contributed by atoms with Gasteiger partial charge >= 0.3 is 0 Å². The van der Waals surface area contributed by atoms with E-state index in [0.29, 0.717) is 6.42 Å². The second-order valence-corrected chi connectivity index (χ2v) is 11.2. The molecule has 0 bridgehead atoms. The first-order valence-corrected chi connectivity index (χ1v) is 16.9. The maximum absolute atomic E-state index is 12.3. The molecule has 4 nitrogen and oxygen atoms in total. The molecule has 0 aliphatic heterocycles. The number of unbranched alkanes of at least 4 members (excludes halogenated alkanes) is 16. The van der Waals surface area contributed by atoms with E-state index in [1.165, 1.54) is 77.0 Å². The molecule has 232 valence electrons. The predicted octanol–water partition coefficient (Wildman–Crippen LogP) is 9.67. The zero-order chi connectivity index (χ0) is 29.4. The van der Waals surface area contributed by atoms with Crippen molar-refractivity contribution in [2.45, 2.75) is 167 Å². The summed E-state index contributed by atoms with van der Waals surface area (Å²) in [5.74, 6) is -0.0852. The molecular weight excluding hydrogens is 494 g/mol. The van der Waals surface area contributed by atoms with Crippen LogP contribution in [0.4, 0.5) is 0 Å². The normalized spacial score (nSPS) is 13.8. The third-order valence-electron chi connectivity index (χ3n) is 7.32. The van der Waals surface area contributed by atoms with Crippen LogP contribution in [0.25, 0.3) is 0 Å². The molecule has 2 unspecified atom stereocenters. The fourth-order valence-corrected chi connectivity index (χ4v) is 4.72. The lowest BCUT2D eigenvalue weighted by Gasteiger charge is -2.20. The highest BCUT2D eigenvalue weighted by Gasteiger charge is 2.17. The zero-order valence-electron chi connectivity index (χ0n) is 26.3. The van der Waals surface area contributed by atoms with Gasteiger partial charge in [0.1, 0.15) is 0 Å². The molecule has 3 N–H and O–H groups in total. The summed E-state index contributed by atoms with van der Waals surface area (Å²) in [7, 11) is 0. The number of hydrogen-bond acceptors (Lipinski definition) is 3. The van der Waals surface area contributed by atoms with Crippen LogP contribution in [-0.4, -0.2) is 34.9 Å². The molecule has 0 saturated heterocycles. The molecule has 2 atom stereocenters. The minimum absolute atomic E-state index is 0.0852. The minimum Gasteiger partial charge on any atom is -0.394 e. The summed E-state index contributed by atoms with van der Waals surface area (Å²) in [5.41, 5.74) is 0. The SMILES string of the molecule is CC/C=C\C/C=C\C/C=C\CCCCCCCC(=O)NC(CO)C(O)/C=C/CCCCCCCCCCCCC. The van der Waals surface area contributed by atoms with Gasteiger partial charge in [-0.05, 0) is 51.4 Å². The highest BCUT2D eigenvalue weighted by Crippen LogP contribution is 2.12. The van der Waals surface area contributed by atoms with E-state index in [-0.39, 0.29) is 12.5 Å². The average molecular weight is 560 g/mol. The quantitative estimate of drug-likeness (QED) is 0.0631. The summed E-state index contributed by atoms with van der Waals surface area (Å²) in [6.45, 7) is 4.16. The number of carbonyl (C=O) groups excluding carboxylic acids is 1. The van der Waals surface area contributed by atoms with Crippen LogP contribution in [0.5, 0.6) is 0 Å². The Kier molecular flexibility index (Phi) is 30.6. The maximum atomic E-state index is 12.3. The Labute approximate surface area is 248 Å². The standard InChI is InChI=1S/C36H65NO3/c1-3-5-7-9-11-13-15-17-18-20-22-24-26-28-30-32-36(40)37-34(33-38)35(39)31-29-27-25-23-21-19-16-14-12-10-8-6-4-2/h5,7,11,13,17-18,29,31,34-35,38-39H,3-4,6,8-10,12,14-16,19-28,30,32-33H2,1-2H3,(H,37,40)/b7-5-,13-11-,18-17-,31-29+. The largest absolute Gasteiger partial charge is 0.394 e. The van der Waals surface area contributed by atoms with Crippen molar-refractivity contribution in [1.29, 1.82) is 0 Å². The fraction of sp³-hybridized carbons (Fsp3) is 0.750. The van der Waals surface area contributed by atoms with E-state index < -0.39 is 12.1 Å². The Morgan fingerprint density at radius 2 is 1.10 bits per heavy atom. The van der Waals surface area contributed by atoms with Gasteiger partial charge in [0, 0.05) is 6.42 Å². The number of allylic oxidation sites excluding steroid dienone is 7. The van der Waals surface area contributed by atoms with E-state index in [2.05, 4.69) is 55.6 Å². The molecule has 0 heterocycles. The Morgan fingerprint density at radius 3 is 1.65 bits per heavy atom. The van der Waals surface area contributed by atoms with Crippen molar-refractivity contribution in [3.05, 3.63) is 48.6 Å². The molecule has 1 amide bonds. The van der Waals surface area contributed by atoms with Gasteiger partial charge in [-0.3, -0.25) is 4.79 Å². The number of aliphatic hydroxyl groups excluding tert-OH is 2. The monoisotopic (exact) mass is 559 g/mol. The molecule has 0 fully saturated rings. The average Bonchev–Trinajstić information content (AvgIpc) is 2.96. The summed E-state index contributed by atoms with van der Waals surface area (Å²) in [5, 5.41) is 22.8. The maximum Gasteiger partial charge on any atom is 0.220 e. The molecule has 40 heavy (non-hydrogen) atoms.